The highest BCUT2D eigenvalue weighted by atomic mass is 16.6. The zero-order valence-corrected chi connectivity index (χ0v) is 45.6. The highest BCUT2D eigenvalue weighted by Gasteiger charge is 2.19. The smallest absolute Gasteiger partial charge is 0.306 e. The molecule has 0 heterocycles. The van der Waals surface area contributed by atoms with Crippen molar-refractivity contribution >= 4 is 17.9 Å². The van der Waals surface area contributed by atoms with Crippen molar-refractivity contribution in [3.8, 4) is 0 Å². The van der Waals surface area contributed by atoms with Gasteiger partial charge < -0.3 is 14.2 Å². The molecule has 0 aliphatic carbocycles. The fourth-order valence-electron chi connectivity index (χ4n) is 8.19. The quantitative estimate of drug-likeness (QED) is 0.0262. The van der Waals surface area contributed by atoms with Gasteiger partial charge in [-0.3, -0.25) is 14.4 Å². The number of allylic oxidation sites excluding steroid dienone is 12. The third-order valence-corrected chi connectivity index (χ3v) is 12.7. The Morgan fingerprint density at radius 3 is 0.913 bits per heavy atom. The van der Waals surface area contributed by atoms with E-state index >= 15 is 0 Å². The SMILES string of the molecule is CCCCC/C=C/C/C=C/C/C=C/C/C=C/CCCC(=O)O[C@H](COC(=O)CCCCCCCCC/C=C/CCCCCC)COC(=O)CCCCCCCCCCC/C=C/CCCCCCCC. The van der Waals surface area contributed by atoms with Gasteiger partial charge in [-0.15, -0.1) is 0 Å². The summed E-state index contributed by atoms with van der Waals surface area (Å²) in [7, 11) is 0. The van der Waals surface area contributed by atoms with E-state index in [1.807, 2.05) is 0 Å². The monoisotopic (exact) mass is 963 g/mol. The lowest BCUT2D eigenvalue weighted by atomic mass is 10.1. The summed E-state index contributed by atoms with van der Waals surface area (Å²) in [5.74, 6) is -0.953. The largest absolute Gasteiger partial charge is 0.462 e. The minimum absolute atomic E-state index is 0.0985. The third-order valence-electron chi connectivity index (χ3n) is 12.7. The highest BCUT2D eigenvalue weighted by Crippen LogP contribution is 2.15. The molecule has 398 valence electrons. The number of unbranched alkanes of at least 4 members (excludes halogenated alkanes) is 30. The molecule has 0 N–H and O–H groups in total. The van der Waals surface area contributed by atoms with Crippen LogP contribution in [0.25, 0.3) is 0 Å². The molecule has 0 aromatic rings. The van der Waals surface area contributed by atoms with Gasteiger partial charge >= 0.3 is 17.9 Å². The Morgan fingerprint density at radius 1 is 0.290 bits per heavy atom. The molecule has 0 unspecified atom stereocenters. The summed E-state index contributed by atoms with van der Waals surface area (Å²) < 4.78 is 16.8. The lowest BCUT2D eigenvalue weighted by molar-refractivity contribution is -0.167. The van der Waals surface area contributed by atoms with E-state index in [0.29, 0.717) is 19.3 Å². The van der Waals surface area contributed by atoms with E-state index in [4.69, 9.17) is 14.2 Å². The summed E-state index contributed by atoms with van der Waals surface area (Å²) >= 11 is 0. The molecular formula is C63H110O6. The first-order valence-corrected chi connectivity index (χ1v) is 29.4. The molecule has 0 spiro atoms. The molecule has 0 radical (unpaired) electrons. The van der Waals surface area contributed by atoms with Crippen LogP contribution in [0.3, 0.4) is 0 Å². The molecule has 0 rings (SSSR count). The van der Waals surface area contributed by atoms with Crippen LogP contribution >= 0.6 is 0 Å². The summed E-state index contributed by atoms with van der Waals surface area (Å²) in [4.78, 5) is 38.2. The maximum Gasteiger partial charge on any atom is 0.306 e. The van der Waals surface area contributed by atoms with Crippen molar-refractivity contribution in [2.45, 2.75) is 297 Å². The van der Waals surface area contributed by atoms with Gasteiger partial charge in [-0.05, 0) is 109 Å². The number of esters is 3. The van der Waals surface area contributed by atoms with Crippen molar-refractivity contribution in [2.24, 2.45) is 0 Å². The molecular weight excluding hydrogens is 853 g/mol. The molecule has 0 saturated heterocycles. The van der Waals surface area contributed by atoms with E-state index in [2.05, 4.69) is 93.7 Å². The molecule has 0 fully saturated rings. The summed E-state index contributed by atoms with van der Waals surface area (Å²) in [6.07, 6.45) is 73.2. The van der Waals surface area contributed by atoms with E-state index in [-0.39, 0.29) is 37.5 Å². The fraction of sp³-hybridized carbons (Fsp3) is 0.762. The van der Waals surface area contributed by atoms with Crippen LogP contribution in [0.4, 0.5) is 0 Å². The molecule has 0 bridgehead atoms. The van der Waals surface area contributed by atoms with Crippen LogP contribution in [-0.4, -0.2) is 37.2 Å². The van der Waals surface area contributed by atoms with Gasteiger partial charge in [-0.1, -0.05) is 235 Å². The fourth-order valence-corrected chi connectivity index (χ4v) is 8.19. The molecule has 0 aromatic heterocycles. The van der Waals surface area contributed by atoms with Gasteiger partial charge in [0.1, 0.15) is 13.2 Å². The van der Waals surface area contributed by atoms with Crippen molar-refractivity contribution in [2.75, 3.05) is 13.2 Å². The van der Waals surface area contributed by atoms with Gasteiger partial charge in [0.15, 0.2) is 6.10 Å². The lowest BCUT2D eigenvalue weighted by Gasteiger charge is -2.18. The van der Waals surface area contributed by atoms with Crippen molar-refractivity contribution in [1.29, 1.82) is 0 Å². The normalized spacial score (nSPS) is 12.6. The van der Waals surface area contributed by atoms with Crippen LogP contribution in [0.2, 0.25) is 0 Å². The molecule has 0 aliphatic heterocycles. The average Bonchev–Trinajstić information content (AvgIpc) is 3.35. The van der Waals surface area contributed by atoms with Gasteiger partial charge in [0.2, 0.25) is 0 Å². The van der Waals surface area contributed by atoms with E-state index in [1.165, 1.54) is 180 Å². The second-order valence-corrected chi connectivity index (χ2v) is 19.5. The molecule has 0 saturated carbocycles. The first-order valence-electron chi connectivity index (χ1n) is 29.4. The molecule has 1 atom stereocenters. The summed E-state index contributed by atoms with van der Waals surface area (Å²) in [5, 5.41) is 0. The number of rotatable bonds is 53. The van der Waals surface area contributed by atoms with Gasteiger partial charge in [0, 0.05) is 19.3 Å². The minimum atomic E-state index is -0.807. The molecule has 6 nitrogen and oxygen atoms in total. The van der Waals surface area contributed by atoms with Crippen LogP contribution in [0.15, 0.2) is 72.9 Å². The Morgan fingerprint density at radius 2 is 0.536 bits per heavy atom. The Hall–Kier alpha value is -3.15. The maximum atomic E-state index is 12.8. The zero-order chi connectivity index (χ0) is 50.0. The minimum Gasteiger partial charge on any atom is -0.462 e. The second-order valence-electron chi connectivity index (χ2n) is 19.5. The Bertz CT molecular complexity index is 1290. The molecule has 6 heteroatoms. The van der Waals surface area contributed by atoms with Crippen molar-refractivity contribution in [1.82, 2.24) is 0 Å². The molecule has 0 aromatic carbocycles. The Labute approximate surface area is 427 Å². The third kappa shape index (κ3) is 55.6. The van der Waals surface area contributed by atoms with Crippen LogP contribution in [0.5, 0.6) is 0 Å². The molecule has 0 amide bonds. The summed E-state index contributed by atoms with van der Waals surface area (Å²) in [6.45, 7) is 6.57. The second kappa shape index (κ2) is 57.4. The lowest BCUT2D eigenvalue weighted by Crippen LogP contribution is -2.30. The number of hydrogen-bond donors (Lipinski definition) is 0. The number of carbonyl (C=O) groups is 3. The van der Waals surface area contributed by atoms with E-state index < -0.39 is 6.10 Å². The van der Waals surface area contributed by atoms with Crippen molar-refractivity contribution in [3.05, 3.63) is 72.9 Å². The van der Waals surface area contributed by atoms with Crippen LogP contribution in [-0.2, 0) is 28.6 Å². The summed E-state index contributed by atoms with van der Waals surface area (Å²) in [6, 6.07) is 0. The molecule has 0 aliphatic rings. The van der Waals surface area contributed by atoms with Crippen molar-refractivity contribution < 1.29 is 28.6 Å². The van der Waals surface area contributed by atoms with E-state index in [9.17, 15) is 14.4 Å². The zero-order valence-electron chi connectivity index (χ0n) is 45.6. The maximum absolute atomic E-state index is 12.8. The standard InChI is InChI=1S/C63H110O6/c1-4-7-10-13-16-19-22-25-28-30-31-33-35-38-41-44-47-50-53-56-62(65)68-59-60(58-67-61(64)55-52-49-46-43-40-37-34-27-24-21-18-15-12-9-6-3)69-63(66)57-54-51-48-45-42-39-36-32-29-26-23-20-17-14-11-8-5-2/h17,20-21,24-26,28-29,36,39,45,48,60H,4-16,18-19,22-23,27,30-35,37-38,40-44,46-47,49-59H2,1-3H3/b20-17+,24-21+,28-25+,29-26+,39-36+,48-45+/t60-/m1/s1. The first-order chi connectivity index (χ1) is 34.0. The van der Waals surface area contributed by atoms with Gasteiger partial charge in [0.05, 0.1) is 0 Å². The molecule has 69 heavy (non-hydrogen) atoms. The van der Waals surface area contributed by atoms with E-state index in [1.54, 1.807) is 0 Å². The van der Waals surface area contributed by atoms with E-state index in [0.717, 1.165) is 64.2 Å². The predicted molar refractivity (Wildman–Crippen MR) is 298 cm³/mol. The van der Waals surface area contributed by atoms with Crippen LogP contribution < -0.4 is 0 Å². The van der Waals surface area contributed by atoms with Crippen LogP contribution in [0, 0.1) is 0 Å². The number of hydrogen-bond acceptors (Lipinski definition) is 6. The van der Waals surface area contributed by atoms with Gasteiger partial charge in [-0.25, -0.2) is 0 Å². The topological polar surface area (TPSA) is 78.9 Å². The Kier molecular flexibility index (Phi) is 54.8. The van der Waals surface area contributed by atoms with Crippen LogP contribution in [0.1, 0.15) is 290 Å². The summed E-state index contributed by atoms with van der Waals surface area (Å²) in [5.41, 5.74) is 0. The average molecular weight is 964 g/mol. The highest BCUT2D eigenvalue weighted by molar-refractivity contribution is 5.71. The van der Waals surface area contributed by atoms with Gasteiger partial charge in [0.25, 0.3) is 0 Å². The van der Waals surface area contributed by atoms with Gasteiger partial charge in [-0.2, -0.15) is 0 Å². The Balaban J connectivity index is 4.45. The first kappa shape index (κ1) is 65.8. The van der Waals surface area contributed by atoms with Crippen molar-refractivity contribution in [3.63, 3.8) is 0 Å². The number of carbonyl (C=O) groups excluding carboxylic acids is 3. The predicted octanol–water partition coefficient (Wildman–Crippen LogP) is 19.8. The number of ether oxygens (including phenoxy) is 3.